The zero-order chi connectivity index (χ0) is 18.0. The van der Waals surface area contributed by atoms with E-state index in [4.69, 9.17) is 0 Å². The van der Waals surface area contributed by atoms with Crippen LogP contribution in [0.3, 0.4) is 0 Å². The molecular formula is C19H24N2O4. The van der Waals surface area contributed by atoms with Crippen molar-refractivity contribution in [3.63, 3.8) is 0 Å². The van der Waals surface area contributed by atoms with E-state index in [0.717, 1.165) is 24.8 Å². The van der Waals surface area contributed by atoms with Crippen LogP contribution >= 0.6 is 0 Å². The molecule has 2 heterocycles. The van der Waals surface area contributed by atoms with E-state index >= 15 is 0 Å². The lowest BCUT2D eigenvalue weighted by atomic mass is 9.88. The highest BCUT2D eigenvalue weighted by Crippen LogP contribution is 2.26. The third-order valence-corrected chi connectivity index (χ3v) is 5.37. The van der Waals surface area contributed by atoms with Crippen LogP contribution in [0.5, 0.6) is 0 Å². The van der Waals surface area contributed by atoms with Crippen molar-refractivity contribution in [3.05, 3.63) is 35.4 Å². The van der Waals surface area contributed by atoms with E-state index in [0.29, 0.717) is 37.5 Å². The zero-order valence-electron chi connectivity index (χ0n) is 14.5. The van der Waals surface area contributed by atoms with Gasteiger partial charge in [0.25, 0.3) is 0 Å². The predicted molar refractivity (Wildman–Crippen MR) is 92.2 cm³/mol. The first kappa shape index (κ1) is 17.5. The summed E-state index contributed by atoms with van der Waals surface area (Å²) >= 11 is 0. The number of piperidine rings is 1. The van der Waals surface area contributed by atoms with Crippen molar-refractivity contribution >= 4 is 17.8 Å². The summed E-state index contributed by atoms with van der Waals surface area (Å²) in [5.41, 5.74) is 1.23. The monoisotopic (exact) mass is 344 g/mol. The predicted octanol–water partition coefficient (Wildman–Crippen LogP) is 1.64. The highest BCUT2D eigenvalue weighted by atomic mass is 16.4. The average Bonchev–Trinajstić information content (AvgIpc) is 2.94. The molecule has 1 unspecified atom stereocenters. The van der Waals surface area contributed by atoms with Crippen LogP contribution in [0.2, 0.25) is 0 Å². The molecule has 0 saturated carbocycles. The van der Waals surface area contributed by atoms with Gasteiger partial charge in [-0.25, -0.2) is 4.79 Å². The van der Waals surface area contributed by atoms with Crippen molar-refractivity contribution < 1.29 is 19.5 Å². The van der Waals surface area contributed by atoms with Gasteiger partial charge in [-0.15, -0.1) is 0 Å². The molecule has 2 fully saturated rings. The maximum absolute atomic E-state index is 12.6. The van der Waals surface area contributed by atoms with E-state index in [1.54, 1.807) is 24.1 Å². The first-order chi connectivity index (χ1) is 12.0. The molecule has 1 aromatic carbocycles. The fourth-order valence-corrected chi connectivity index (χ4v) is 3.86. The number of nitrogens with zero attached hydrogens (tertiary/aromatic N) is 2. The zero-order valence-corrected chi connectivity index (χ0v) is 14.5. The summed E-state index contributed by atoms with van der Waals surface area (Å²) in [6.07, 6.45) is 2.79. The van der Waals surface area contributed by atoms with E-state index in [2.05, 4.69) is 0 Å². The number of benzene rings is 1. The van der Waals surface area contributed by atoms with E-state index < -0.39 is 5.97 Å². The molecule has 6 heteroatoms. The van der Waals surface area contributed by atoms with Crippen LogP contribution in [0.1, 0.15) is 35.2 Å². The van der Waals surface area contributed by atoms with Gasteiger partial charge in [0.1, 0.15) is 0 Å². The highest BCUT2D eigenvalue weighted by Gasteiger charge is 2.35. The molecule has 134 valence electrons. The van der Waals surface area contributed by atoms with Gasteiger partial charge in [-0.3, -0.25) is 9.59 Å². The number of aromatic carboxylic acids is 1. The Hall–Kier alpha value is -2.37. The average molecular weight is 344 g/mol. The molecule has 3 rings (SSSR count). The fraction of sp³-hybridized carbons (Fsp3) is 0.526. The molecule has 0 aromatic heterocycles. The first-order valence-electron chi connectivity index (χ1n) is 8.79. The van der Waals surface area contributed by atoms with Gasteiger partial charge in [-0.05, 0) is 36.8 Å². The number of carboxylic acid groups (broad SMARTS) is 1. The second-order valence-electron chi connectivity index (χ2n) is 7.11. The van der Waals surface area contributed by atoms with Gasteiger partial charge in [0.2, 0.25) is 11.8 Å². The van der Waals surface area contributed by atoms with Crippen LogP contribution in [0, 0.1) is 11.8 Å². The molecule has 2 amide bonds. The van der Waals surface area contributed by atoms with Gasteiger partial charge >= 0.3 is 5.97 Å². The summed E-state index contributed by atoms with van der Waals surface area (Å²) in [7, 11) is 1.74. The molecule has 0 aliphatic carbocycles. The minimum atomic E-state index is -0.891. The van der Waals surface area contributed by atoms with Crippen LogP contribution in [-0.4, -0.2) is 59.4 Å². The van der Waals surface area contributed by atoms with Gasteiger partial charge in [-0.2, -0.15) is 0 Å². The smallest absolute Gasteiger partial charge is 0.335 e. The lowest BCUT2D eigenvalue weighted by molar-refractivity contribution is -0.137. The summed E-state index contributed by atoms with van der Waals surface area (Å²) in [5.74, 6) is -0.585. The number of hydrogen-bond donors (Lipinski definition) is 1. The molecule has 1 atom stereocenters. The van der Waals surface area contributed by atoms with Crippen LogP contribution in [0.25, 0.3) is 0 Å². The second kappa shape index (κ2) is 7.25. The molecule has 2 saturated heterocycles. The van der Waals surface area contributed by atoms with Gasteiger partial charge in [-0.1, -0.05) is 18.2 Å². The molecular weight excluding hydrogens is 320 g/mol. The quantitative estimate of drug-likeness (QED) is 0.901. The Morgan fingerprint density at radius 1 is 1.20 bits per heavy atom. The lowest BCUT2D eigenvalue weighted by Crippen LogP contribution is -2.42. The molecule has 1 aromatic rings. The Balaban J connectivity index is 1.55. The first-order valence-corrected chi connectivity index (χ1v) is 8.79. The molecule has 1 N–H and O–H groups in total. The summed E-state index contributed by atoms with van der Waals surface area (Å²) in [6.45, 7) is 1.89. The minimum absolute atomic E-state index is 0.0403. The number of amides is 2. The molecule has 2 aliphatic heterocycles. The van der Waals surface area contributed by atoms with Crippen LogP contribution in [0.4, 0.5) is 0 Å². The van der Waals surface area contributed by atoms with Gasteiger partial charge in [0, 0.05) is 33.1 Å². The summed E-state index contributed by atoms with van der Waals surface area (Å²) in [4.78, 5) is 39.0. The Kier molecular flexibility index (Phi) is 5.06. The number of likely N-dealkylation sites (tertiary alicyclic amines) is 2. The van der Waals surface area contributed by atoms with Crippen molar-refractivity contribution in [2.45, 2.75) is 25.7 Å². The van der Waals surface area contributed by atoms with Crippen molar-refractivity contribution in [2.75, 3.05) is 26.7 Å². The van der Waals surface area contributed by atoms with Crippen LogP contribution in [-0.2, 0) is 16.0 Å². The van der Waals surface area contributed by atoms with Gasteiger partial charge in [0.05, 0.1) is 11.5 Å². The minimum Gasteiger partial charge on any atom is -0.478 e. The van der Waals surface area contributed by atoms with Crippen LogP contribution in [0.15, 0.2) is 24.3 Å². The van der Waals surface area contributed by atoms with E-state index in [9.17, 15) is 19.5 Å². The van der Waals surface area contributed by atoms with Crippen molar-refractivity contribution in [1.29, 1.82) is 0 Å². The Bertz CT molecular complexity index is 680. The normalized spacial score (nSPS) is 21.6. The standard InChI is InChI=1S/C19H24N2O4/c1-20-12-15(11-17(20)22)18(23)21-8-6-13(7-9-21)10-14-4-2-3-5-16(14)19(24)25/h2-5,13,15H,6-12H2,1H3,(H,24,25). The van der Waals surface area contributed by atoms with Gasteiger partial charge < -0.3 is 14.9 Å². The number of carbonyl (C=O) groups excluding carboxylic acids is 2. The number of carboxylic acids is 1. The van der Waals surface area contributed by atoms with Crippen molar-refractivity contribution in [2.24, 2.45) is 11.8 Å². The van der Waals surface area contributed by atoms with Crippen molar-refractivity contribution in [1.82, 2.24) is 9.80 Å². The van der Waals surface area contributed by atoms with Gasteiger partial charge in [0.15, 0.2) is 0 Å². The summed E-state index contributed by atoms with van der Waals surface area (Å²) in [6, 6.07) is 7.13. The molecule has 6 nitrogen and oxygen atoms in total. The molecule has 0 spiro atoms. The topological polar surface area (TPSA) is 77.9 Å². The van der Waals surface area contributed by atoms with Crippen LogP contribution < -0.4 is 0 Å². The maximum Gasteiger partial charge on any atom is 0.335 e. The highest BCUT2D eigenvalue weighted by molar-refractivity contribution is 5.89. The van der Waals surface area contributed by atoms with E-state index in [1.165, 1.54) is 0 Å². The summed E-state index contributed by atoms with van der Waals surface area (Å²) < 4.78 is 0. The number of hydrogen-bond acceptors (Lipinski definition) is 3. The molecule has 0 radical (unpaired) electrons. The number of carbonyl (C=O) groups is 3. The third-order valence-electron chi connectivity index (χ3n) is 5.37. The molecule has 0 bridgehead atoms. The van der Waals surface area contributed by atoms with Crippen molar-refractivity contribution in [3.8, 4) is 0 Å². The Morgan fingerprint density at radius 3 is 2.48 bits per heavy atom. The lowest BCUT2D eigenvalue weighted by Gasteiger charge is -2.33. The molecule has 2 aliphatic rings. The Labute approximate surface area is 147 Å². The second-order valence-corrected chi connectivity index (χ2v) is 7.11. The largest absolute Gasteiger partial charge is 0.478 e. The Morgan fingerprint density at radius 2 is 1.88 bits per heavy atom. The van der Waals surface area contributed by atoms with E-state index in [-0.39, 0.29) is 17.7 Å². The fourth-order valence-electron chi connectivity index (χ4n) is 3.86. The SMILES string of the molecule is CN1CC(C(=O)N2CCC(Cc3ccccc3C(=O)O)CC2)CC1=O. The number of rotatable bonds is 4. The summed E-state index contributed by atoms with van der Waals surface area (Å²) in [5, 5.41) is 9.29. The maximum atomic E-state index is 12.6. The molecule has 25 heavy (non-hydrogen) atoms. The third kappa shape index (κ3) is 3.83. The van der Waals surface area contributed by atoms with E-state index in [1.807, 2.05) is 17.0 Å².